The van der Waals surface area contributed by atoms with Crippen molar-refractivity contribution < 1.29 is 9.47 Å². The zero-order chi connectivity index (χ0) is 10.8. The summed E-state index contributed by atoms with van der Waals surface area (Å²) in [6.07, 6.45) is 0.959. The van der Waals surface area contributed by atoms with Crippen LogP contribution in [0.3, 0.4) is 0 Å². The Labute approximate surface area is 89.7 Å². The first-order chi connectivity index (χ1) is 7.26. The van der Waals surface area contributed by atoms with E-state index in [0.717, 1.165) is 35.7 Å². The first kappa shape index (κ1) is 10.0. The summed E-state index contributed by atoms with van der Waals surface area (Å²) in [4.78, 5) is 4.43. The highest BCUT2D eigenvalue weighted by atomic mass is 16.5. The van der Waals surface area contributed by atoms with Crippen LogP contribution in [-0.4, -0.2) is 26.5 Å². The lowest BCUT2D eigenvalue weighted by Gasteiger charge is -2.18. The second-order valence-electron chi connectivity index (χ2n) is 3.58. The molecule has 3 heteroatoms. The predicted molar refractivity (Wildman–Crippen MR) is 60.3 cm³/mol. The first-order valence-electron chi connectivity index (χ1n) is 5.02. The van der Waals surface area contributed by atoms with Gasteiger partial charge in [-0.25, -0.2) is 0 Å². The third-order valence-corrected chi connectivity index (χ3v) is 2.70. The average Bonchev–Trinajstić information content (AvgIpc) is 2.27. The monoisotopic (exact) mass is 205 g/mol. The molecule has 2 rings (SSSR count). The van der Waals surface area contributed by atoms with Crippen LogP contribution in [0.5, 0.6) is 11.5 Å². The number of fused-ring (bicyclic) bond motifs is 1. The number of aliphatic imine (C=N–C) groups is 1. The van der Waals surface area contributed by atoms with Gasteiger partial charge in [-0.15, -0.1) is 0 Å². The Morgan fingerprint density at radius 2 is 2.00 bits per heavy atom. The quantitative estimate of drug-likeness (QED) is 0.740. The Morgan fingerprint density at radius 1 is 1.20 bits per heavy atom. The minimum atomic E-state index is 0.848. The van der Waals surface area contributed by atoms with Crippen LogP contribution >= 0.6 is 0 Å². The molecule has 0 amide bonds. The van der Waals surface area contributed by atoms with Gasteiger partial charge in [-0.05, 0) is 25.0 Å². The molecule has 1 heterocycles. The van der Waals surface area contributed by atoms with Crippen molar-refractivity contribution in [2.24, 2.45) is 4.99 Å². The Morgan fingerprint density at radius 3 is 2.67 bits per heavy atom. The highest BCUT2D eigenvalue weighted by Gasteiger charge is 2.17. The van der Waals surface area contributed by atoms with Crippen LogP contribution in [0, 0.1) is 0 Å². The third-order valence-electron chi connectivity index (χ3n) is 2.70. The van der Waals surface area contributed by atoms with Crippen LogP contribution < -0.4 is 9.47 Å². The molecule has 15 heavy (non-hydrogen) atoms. The van der Waals surface area contributed by atoms with Crippen molar-refractivity contribution in [1.82, 2.24) is 0 Å². The molecule has 0 atom stereocenters. The maximum Gasteiger partial charge on any atom is 0.131 e. The molecule has 0 radical (unpaired) electrons. The van der Waals surface area contributed by atoms with E-state index < -0.39 is 0 Å². The average molecular weight is 205 g/mol. The molecule has 3 nitrogen and oxygen atoms in total. The molecular weight excluding hydrogens is 190 g/mol. The van der Waals surface area contributed by atoms with Gasteiger partial charge >= 0.3 is 0 Å². The van der Waals surface area contributed by atoms with Gasteiger partial charge in [0.1, 0.15) is 11.5 Å². The van der Waals surface area contributed by atoms with Gasteiger partial charge in [0.25, 0.3) is 0 Å². The Kier molecular flexibility index (Phi) is 2.62. The van der Waals surface area contributed by atoms with Crippen LogP contribution in [0.2, 0.25) is 0 Å². The highest BCUT2D eigenvalue weighted by Crippen LogP contribution is 2.31. The molecule has 0 bridgehead atoms. The van der Waals surface area contributed by atoms with E-state index >= 15 is 0 Å². The van der Waals surface area contributed by atoms with E-state index in [0.29, 0.717) is 0 Å². The van der Waals surface area contributed by atoms with Crippen molar-refractivity contribution in [3.05, 3.63) is 23.3 Å². The van der Waals surface area contributed by atoms with Gasteiger partial charge in [-0.3, -0.25) is 4.99 Å². The maximum absolute atomic E-state index is 5.36. The number of methoxy groups -OCH3 is 2. The summed E-state index contributed by atoms with van der Waals surface area (Å²) in [7, 11) is 3.35. The first-order valence-corrected chi connectivity index (χ1v) is 5.02. The van der Waals surface area contributed by atoms with Gasteiger partial charge < -0.3 is 9.47 Å². The summed E-state index contributed by atoms with van der Waals surface area (Å²) in [5.74, 6) is 1.70. The molecule has 0 N–H and O–H groups in total. The fourth-order valence-corrected chi connectivity index (χ4v) is 1.95. The van der Waals surface area contributed by atoms with Gasteiger partial charge in [0.05, 0.1) is 14.2 Å². The largest absolute Gasteiger partial charge is 0.497 e. The molecule has 0 unspecified atom stereocenters. The molecule has 80 valence electrons. The second kappa shape index (κ2) is 3.93. The van der Waals surface area contributed by atoms with Gasteiger partial charge in [0.2, 0.25) is 0 Å². The number of hydrogen-bond acceptors (Lipinski definition) is 3. The van der Waals surface area contributed by atoms with Gasteiger partial charge in [0.15, 0.2) is 0 Å². The summed E-state index contributed by atoms with van der Waals surface area (Å²) in [5.41, 5.74) is 3.44. The summed E-state index contributed by atoms with van der Waals surface area (Å²) in [6, 6.07) is 3.97. The number of rotatable bonds is 2. The molecule has 0 saturated carbocycles. The fraction of sp³-hybridized carbons (Fsp3) is 0.417. The summed E-state index contributed by atoms with van der Waals surface area (Å²) in [6.45, 7) is 2.88. The van der Waals surface area contributed by atoms with Crippen molar-refractivity contribution in [3.63, 3.8) is 0 Å². The van der Waals surface area contributed by atoms with Crippen molar-refractivity contribution in [1.29, 1.82) is 0 Å². The lowest BCUT2D eigenvalue weighted by Crippen LogP contribution is -2.11. The van der Waals surface area contributed by atoms with Crippen LogP contribution in [0.4, 0.5) is 0 Å². The standard InChI is InChI=1S/C12H15NO2/c1-8-12-9(4-5-13-8)6-10(14-2)7-11(12)15-3/h6-7H,4-5H2,1-3H3. The number of benzene rings is 1. The Hall–Kier alpha value is -1.51. The van der Waals surface area contributed by atoms with E-state index in [2.05, 4.69) is 11.1 Å². The molecule has 0 saturated heterocycles. The minimum absolute atomic E-state index is 0.848. The second-order valence-corrected chi connectivity index (χ2v) is 3.58. The van der Waals surface area contributed by atoms with Crippen LogP contribution in [0.1, 0.15) is 18.1 Å². The molecule has 0 spiro atoms. The molecular formula is C12H15NO2. The van der Waals surface area contributed by atoms with E-state index in [-0.39, 0.29) is 0 Å². The molecule has 1 aromatic carbocycles. The van der Waals surface area contributed by atoms with Crippen LogP contribution in [0.25, 0.3) is 0 Å². The van der Waals surface area contributed by atoms with Crippen molar-refractivity contribution in [2.45, 2.75) is 13.3 Å². The lowest BCUT2D eigenvalue weighted by atomic mass is 9.97. The minimum Gasteiger partial charge on any atom is -0.497 e. The lowest BCUT2D eigenvalue weighted by molar-refractivity contribution is 0.392. The fourth-order valence-electron chi connectivity index (χ4n) is 1.95. The van der Waals surface area contributed by atoms with Crippen molar-refractivity contribution in [2.75, 3.05) is 20.8 Å². The van der Waals surface area contributed by atoms with E-state index in [9.17, 15) is 0 Å². The van der Waals surface area contributed by atoms with Gasteiger partial charge in [0, 0.05) is 23.9 Å². The SMILES string of the molecule is COc1cc2c(c(OC)c1)C(C)=NCC2. The summed E-state index contributed by atoms with van der Waals surface area (Å²) < 4.78 is 10.6. The van der Waals surface area contributed by atoms with Crippen molar-refractivity contribution >= 4 is 5.71 Å². The maximum atomic E-state index is 5.36. The number of hydrogen-bond donors (Lipinski definition) is 0. The van der Waals surface area contributed by atoms with Crippen LogP contribution in [-0.2, 0) is 6.42 Å². The molecule has 0 aromatic heterocycles. The topological polar surface area (TPSA) is 30.8 Å². The molecule has 1 aromatic rings. The predicted octanol–water partition coefficient (Wildman–Crippen LogP) is 2.07. The normalized spacial score (nSPS) is 14.2. The van der Waals surface area contributed by atoms with Gasteiger partial charge in [-0.1, -0.05) is 0 Å². The third kappa shape index (κ3) is 1.69. The smallest absolute Gasteiger partial charge is 0.131 e. The van der Waals surface area contributed by atoms with Gasteiger partial charge in [-0.2, -0.15) is 0 Å². The Bertz CT molecular complexity index is 410. The highest BCUT2D eigenvalue weighted by molar-refractivity contribution is 6.03. The summed E-state index contributed by atoms with van der Waals surface area (Å²) in [5, 5.41) is 0. The molecule has 0 aliphatic carbocycles. The zero-order valence-electron chi connectivity index (χ0n) is 9.33. The number of ether oxygens (including phenoxy) is 2. The molecule has 1 aliphatic rings. The van der Waals surface area contributed by atoms with Crippen molar-refractivity contribution in [3.8, 4) is 11.5 Å². The molecule has 1 aliphatic heterocycles. The van der Waals surface area contributed by atoms with E-state index in [1.54, 1.807) is 14.2 Å². The van der Waals surface area contributed by atoms with E-state index in [4.69, 9.17) is 9.47 Å². The van der Waals surface area contributed by atoms with E-state index in [1.807, 2.05) is 13.0 Å². The van der Waals surface area contributed by atoms with Crippen LogP contribution in [0.15, 0.2) is 17.1 Å². The molecule has 0 fully saturated rings. The Balaban J connectivity index is 2.59. The van der Waals surface area contributed by atoms with E-state index in [1.165, 1.54) is 5.56 Å². The number of nitrogens with zero attached hydrogens (tertiary/aromatic N) is 1. The summed E-state index contributed by atoms with van der Waals surface area (Å²) >= 11 is 0. The zero-order valence-corrected chi connectivity index (χ0v) is 9.33.